The van der Waals surface area contributed by atoms with Crippen molar-refractivity contribution in [3.8, 4) is 0 Å². The van der Waals surface area contributed by atoms with Crippen LogP contribution in [0.1, 0.15) is 20.3 Å². The zero-order valence-electron chi connectivity index (χ0n) is 7.49. The van der Waals surface area contributed by atoms with Gasteiger partial charge in [0.2, 0.25) is 0 Å². The number of aliphatic hydroxyl groups is 2. The molecule has 1 aliphatic heterocycles. The van der Waals surface area contributed by atoms with Crippen LogP contribution in [-0.2, 0) is 0 Å². The SMILES string of the molecule is CCC(O)C(C)(O)C1=NCC=C1. The molecule has 0 saturated heterocycles. The average molecular weight is 169 g/mol. The van der Waals surface area contributed by atoms with E-state index in [1.54, 1.807) is 13.0 Å². The number of aliphatic imine (C=N–C) groups is 1. The second kappa shape index (κ2) is 3.37. The third kappa shape index (κ3) is 1.57. The Hall–Kier alpha value is -0.670. The maximum Gasteiger partial charge on any atom is 0.129 e. The minimum atomic E-state index is -1.19. The summed E-state index contributed by atoms with van der Waals surface area (Å²) in [5.74, 6) is 0. The van der Waals surface area contributed by atoms with Crippen molar-refractivity contribution >= 4 is 5.71 Å². The molecule has 0 aromatic rings. The first-order chi connectivity index (χ1) is 5.59. The van der Waals surface area contributed by atoms with Gasteiger partial charge in [-0.05, 0) is 19.4 Å². The summed E-state index contributed by atoms with van der Waals surface area (Å²) in [5.41, 5.74) is -0.612. The predicted molar refractivity (Wildman–Crippen MR) is 48.4 cm³/mol. The van der Waals surface area contributed by atoms with Crippen LogP contribution in [0, 0.1) is 0 Å². The van der Waals surface area contributed by atoms with E-state index in [4.69, 9.17) is 0 Å². The molecule has 0 spiro atoms. The Labute approximate surface area is 72.4 Å². The molecular formula is C9H15NO2. The molecule has 3 heteroatoms. The molecule has 0 saturated carbocycles. The molecule has 12 heavy (non-hydrogen) atoms. The first kappa shape index (κ1) is 9.42. The van der Waals surface area contributed by atoms with Crippen LogP contribution >= 0.6 is 0 Å². The Bertz CT molecular complexity index is 219. The Morgan fingerprint density at radius 3 is 2.83 bits per heavy atom. The van der Waals surface area contributed by atoms with Crippen molar-refractivity contribution in [1.82, 2.24) is 0 Å². The molecule has 1 aliphatic rings. The Morgan fingerprint density at radius 1 is 1.75 bits per heavy atom. The van der Waals surface area contributed by atoms with Gasteiger partial charge < -0.3 is 10.2 Å². The molecule has 0 fully saturated rings. The van der Waals surface area contributed by atoms with E-state index in [1.807, 2.05) is 13.0 Å². The Balaban J connectivity index is 2.76. The topological polar surface area (TPSA) is 52.8 Å². The lowest BCUT2D eigenvalue weighted by Crippen LogP contribution is -2.45. The van der Waals surface area contributed by atoms with Gasteiger partial charge in [-0.25, -0.2) is 0 Å². The lowest BCUT2D eigenvalue weighted by Gasteiger charge is -2.27. The molecule has 2 N–H and O–H groups in total. The van der Waals surface area contributed by atoms with Crippen molar-refractivity contribution in [3.05, 3.63) is 12.2 Å². The third-order valence-electron chi connectivity index (χ3n) is 2.20. The fourth-order valence-corrected chi connectivity index (χ4v) is 1.27. The van der Waals surface area contributed by atoms with E-state index < -0.39 is 11.7 Å². The van der Waals surface area contributed by atoms with Crippen molar-refractivity contribution in [2.24, 2.45) is 4.99 Å². The van der Waals surface area contributed by atoms with E-state index >= 15 is 0 Å². The van der Waals surface area contributed by atoms with E-state index in [2.05, 4.69) is 4.99 Å². The Morgan fingerprint density at radius 2 is 2.42 bits per heavy atom. The maximum absolute atomic E-state index is 9.85. The van der Waals surface area contributed by atoms with Crippen LogP contribution in [0.5, 0.6) is 0 Å². The monoisotopic (exact) mass is 169 g/mol. The lowest BCUT2D eigenvalue weighted by atomic mass is 9.92. The van der Waals surface area contributed by atoms with Gasteiger partial charge in [0.15, 0.2) is 0 Å². The number of hydrogen-bond donors (Lipinski definition) is 2. The van der Waals surface area contributed by atoms with E-state index in [0.717, 1.165) is 0 Å². The summed E-state index contributed by atoms with van der Waals surface area (Å²) in [7, 11) is 0. The van der Waals surface area contributed by atoms with Crippen LogP contribution in [0.3, 0.4) is 0 Å². The molecule has 0 radical (unpaired) electrons. The van der Waals surface area contributed by atoms with Gasteiger partial charge in [0.25, 0.3) is 0 Å². The van der Waals surface area contributed by atoms with Crippen LogP contribution in [0.25, 0.3) is 0 Å². The number of aliphatic hydroxyl groups excluding tert-OH is 1. The normalized spacial score (nSPS) is 23.5. The first-order valence-corrected chi connectivity index (χ1v) is 4.21. The van der Waals surface area contributed by atoms with Gasteiger partial charge in [0, 0.05) is 0 Å². The third-order valence-corrected chi connectivity index (χ3v) is 2.20. The standard InChI is InChI=1S/C9H15NO2/c1-3-8(11)9(2,12)7-5-4-6-10-7/h4-5,8,11-12H,3,6H2,1-2H3. The quantitative estimate of drug-likeness (QED) is 0.647. The molecule has 1 heterocycles. The van der Waals surface area contributed by atoms with E-state index in [9.17, 15) is 10.2 Å². The largest absolute Gasteiger partial charge is 0.390 e. The summed E-state index contributed by atoms with van der Waals surface area (Å²) in [6, 6.07) is 0. The molecule has 3 nitrogen and oxygen atoms in total. The molecule has 0 amide bonds. The zero-order chi connectivity index (χ0) is 9.19. The van der Waals surface area contributed by atoms with Crippen molar-refractivity contribution in [1.29, 1.82) is 0 Å². The zero-order valence-corrected chi connectivity index (χ0v) is 7.49. The summed E-state index contributed by atoms with van der Waals surface area (Å²) in [6.07, 6.45) is 3.42. The van der Waals surface area contributed by atoms with Crippen LogP contribution in [-0.4, -0.2) is 34.2 Å². The van der Waals surface area contributed by atoms with Gasteiger partial charge in [-0.15, -0.1) is 0 Å². The highest BCUT2D eigenvalue weighted by atomic mass is 16.3. The van der Waals surface area contributed by atoms with E-state index in [-0.39, 0.29) is 0 Å². The predicted octanol–water partition coefficient (Wildman–Crippen LogP) is 0.519. The fourth-order valence-electron chi connectivity index (χ4n) is 1.27. The maximum atomic E-state index is 9.85. The summed E-state index contributed by atoms with van der Waals surface area (Å²) in [5, 5.41) is 19.3. The summed E-state index contributed by atoms with van der Waals surface area (Å²) < 4.78 is 0. The van der Waals surface area contributed by atoms with E-state index in [0.29, 0.717) is 18.7 Å². The van der Waals surface area contributed by atoms with Crippen molar-refractivity contribution in [2.45, 2.75) is 32.0 Å². The van der Waals surface area contributed by atoms with Crippen molar-refractivity contribution < 1.29 is 10.2 Å². The average Bonchev–Trinajstić information content (AvgIpc) is 2.55. The summed E-state index contributed by atoms with van der Waals surface area (Å²) in [6.45, 7) is 4.04. The molecule has 2 atom stereocenters. The van der Waals surface area contributed by atoms with Crippen LogP contribution in [0.4, 0.5) is 0 Å². The van der Waals surface area contributed by atoms with Gasteiger partial charge >= 0.3 is 0 Å². The molecule has 2 unspecified atom stereocenters. The Kier molecular flexibility index (Phi) is 2.65. The van der Waals surface area contributed by atoms with Gasteiger partial charge in [-0.3, -0.25) is 4.99 Å². The number of hydrogen-bond acceptors (Lipinski definition) is 3. The summed E-state index contributed by atoms with van der Waals surface area (Å²) in [4.78, 5) is 4.07. The van der Waals surface area contributed by atoms with Crippen molar-refractivity contribution in [3.63, 3.8) is 0 Å². The van der Waals surface area contributed by atoms with Crippen molar-refractivity contribution in [2.75, 3.05) is 6.54 Å². The van der Waals surface area contributed by atoms with Gasteiger partial charge in [-0.2, -0.15) is 0 Å². The fraction of sp³-hybridized carbons (Fsp3) is 0.667. The smallest absolute Gasteiger partial charge is 0.129 e. The molecule has 0 aromatic heterocycles. The molecule has 68 valence electrons. The van der Waals surface area contributed by atoms with Gasteiger partial charge in [0.05, 0.1) is 18.4 Å². The summed E-state index contributed by atoms with van der Waals surface area (Å²) >= 11 is 0. The highest BCUT2D eigenvalue weighted by Gasteiger charge is 2.34. The lowest BCUT2D eigenvalue weighted by molar-refractivity contribution is -0.0122. The number of nitrogens with zero attached hydrogens (tertiary/aromatic N) is 1. The highest BCUT2D eigenvalue weighted by Crippen LogP contribution is 2.18. The highest BCUT2D eigenvalue weighted by molar-refractivity contribution is 6.03. The second-order valence-electron chi connectivity index (χ2n) is 3.20. The minimum absolute atomic E-state index is 0.528. The molecule has 0 bridgehead atoms. The van der Waals surface area contributed by atoms with E-state index in [1.165, 1.54) is 0 Å². The minimum Gasteiger partial charge on any atom is -0.390 e. The number of rotatable bonds is 3. The molecule has 0 aliphatic carbocycles. The van der Waals surface area contributed by atoms with Gasteiger partial charge in [0.1, 0.15) is 5.60 Å². The van der Waals surface area contributed by atoms with Crippen LogP contribution in [0.15, 0.2) is 17.1 Å². The van der Waals surface area contributed by atoms with Crippen LogP contribution < -0.4 is 0 Å². The second-order valence-corrected chi connectivity index (χ2v) is 3.20. The van der Waals surface area contributed by atoms with Crippen LogP contribution in [0.2, 0.25) is 0 Å². The molecule has 1 rings (SSSR count). The van der Waals surface area contributed by atoms with Gasteiger partial charge in [-0.1, -0.05) is 13.0 Å². The molecular weight excluding hydrogens is 154 g/mol. The first-order valence-electron chi connectivity index (χ1n) is 4.21. The molecule has 0 aromatic carbocycles.